The lowest BCUT2D eigenvalue weighted by molar-refractivity contribution is 0.0572. The summed E-state index contributed by atoms with van der Waals surface area (Å²) < 4.78 is 44.8. The first-order valence-electron chi connectivity index (χ1n) is 16.7. The van der Waals surface area contributed by atoms with Gasteiger partial charge in [0.1, 0.15) is 10.6 Å². The quantitative estimate of drug-likeness (QED) is 0.145. The van der Waals surface area contributed by atoms with Gasteiger partial charge in [-0.15, -0.1) is 0 Å². The highest BCUT2D eigenvalue weighted by Gasteiger charge is 2.43. The first-order chi connectivity index (χ1) is 24.1. The largest absolute Gasteiger partial charge is 0.493 e. The Labute approximate surface area is 293 Å². The summed E-state index contributed by atoms with van der Waals surface area (Å²) in [6, 6.07) is 20.7. The maximum Gasteiger partial charge on any atom is 0.264 e. The molecule has 6 rings (SSSR count). The van der Waals surface area contributed by atoms with Crippen LogP contribution in [0.25, 0.3) is 0 Å². The number of carbonyl (C=O) groups excluding carboxylic acids is 2. The molecule has 264 valence electrons. The minimum absolute atomic E-state index is 0.0113. The minimum atomic E-state index is -3.89. The predicted octanol–water partition coefficient (Wildman–Crippen LogP) is 5.29. The van der Waals surface area contributed by atoms with Crippen molar-refractivity contribution in [3.05, 3.63) is 100 Å². The number of imide groups is 1. The van der Waals surface area contributed by atoms with E-state index in [2.05, 4.69) is 50.9 Å². The Morgan fingerprint density at radius 3 is 2.26 bits per heavy atom. The van der Waals surface area contributed by atoms with Crippen LogP contribution in [-0.4, -0.2) is 82.1 Å². The zero-order valence-corrected chi connectivity index (χ0v) is 29.8. The monoisotopic (exact) mass is 701 g/mol. The highest BCUT2D eigenvalue weighted by atomic mass is 32.2. The van der Waals surface area contributed by atoms with Gasteiger partial charge in [-0.2, -0.15) is 0 Å². The summed E-state index contributed by atoms with van der Waals surface area (Å²) in [5, 5.41) is 3.76. The summed E-state index contributed by atoms with van der Waals surface area (Å²) in [4.78, 5) is 34.5. The molecule has 13 heteroatoms. The van der Waals surface area contributed by atoms with Crippen molar-refractivity contribution in [2.45, 2.75) is 50.6 Å². The average Bonchev–Trinajstić information content (AvgIpc) is 3.62. The zero-order chi connectivity index (χ0) is 35.6. The molecule has 3 aromatic carbocycles. The Kier molecular flexibility index (Phi) is 10.3. The molecule has 0 radical (unpaired) electrons. The van der Waals surface area contributed by atoms with Gasteiger partial charge in [0.2, 0.25) is 10.0 Å². The van der Waals surface area contributed by atoms with Crippen molar-refractivity contribution < 1.29 is 32.0 Å². The van der Waals surface area contributed by atoms with Crippen LogP contribution in [0.3, 0.4) is 0 Å². The Balaban J connectivity index is 1.24. The number of benzene rings is 3. The lowest BCUT2D eigenvalue weighted by atomic mass is 9.99. The van der Waals surface area contributed by atoms with Crippen LogP contribution in [0.2, 0.25) is 0 Å². The lowest BCUT2D eigenvalue weighted by Gasteiger charge is -2.39. The van der Waals surface area contributed by atoms with E-state index < -0.39 is 16.1 Å². The number of hydrogen-bond donors (Lipinski definition) is 1. The van der Waals surface area contributed by atoms with E-state index in [0.717, 1.165) is 18.8 Å². The molecule has 0 spiro atoms. The number of anilines is 1. The maximum atomic E-state index is 14.4. The Hall–Kier alpha value is -4.72. The molecule has 0 bridgehead atoms. The SMILES string of the molecule is COc1ccc(C(CCCNS(=O)(=O)c2c(C)noc2C)N2C(=O)c3cccc(N4CCN(C(C)c5ccccc5)CC4)c3C2=O)cc1OC. The summed E-state index contributed by atoms with van der Waals surface area (Å²) in [5.41, 5.74) is 3.69. The van der Waals surface area contributed by atoms with Gasteiger partial charge in [-0.3, -0.25) is 19.4 Å². The van der Waals surface area contributed by atoms with Crippen LogP contribution in [0.1, 0.15) is 75.1 Å². The van der Waals surface area contributed by atoms with Crippen molar-refractivity contribution >= 4 is 27.5 Å². The molecule has 2 unspecified atom stereocenters. The highest BCUT2D eigenvalue weighted by Crippen LogP contribution is 2.41. The van der Waals surface area contributed by atoms with Crippen molar-refractivity contribution in [3.8, 4) is 11.5 Å². The number of sulfonamides is 1. The Morgan fingerprint density at radius 1 is 0.880 bits per heavy atom. The molecule has 2 atom stereocenters. The highest BCUT2D eigenvalue weighted by molar-refractivity contribution is 7.89. The molecule has 0 aliphatic carbocycles. The molecular weight excluding hydrogens is 659 g/mol. The van der Waals surface area contributed by atoms with E-state index in [1.54, 1.807) is 38.1 Å². The lowest BCUT2D eigenvalue weighted by Crippen LogP contribution is -2.47. The molecule has 4 aromatic rings. The van der Waals surface area contributed by atoms with Gasteiger partial charge in [0.25, 0.3) is 11.8 Å². The van der Waals surface area contributed by atoms with Crippen LogP contribution < -0.4 is 19.1 Å². The van der Waals surface area contributed by atoms with Gasteiger partial charge >= 0.3 is 0 Å². The Morgan fingerprint density at radius 2 is 1.60 bits per heavy atom. The van der Waals surface area contributed by atoms with Gasteiger partial charge in [0.05, 0.1) is 37.1 Å². The number of amides is 2. The number of nitrogens with one attached hydrogen (secondary N) is 1. The summed E-state index contributed by atoms with van der Waals surface area (Å²) >= 11 is 0. The van der Waals surface area contributed by atoms with Gasteiger partial charge in [-0.05, 0) is 69.0 Å². The number of piperazine rings is 1. The third-order valence-electron chi connectivity index (χ3n) is 9.70. The summed E-state index contributed by atoms with van der Waals surface area (Å²) in [5.74, 6) is 0.393. The van der Waals surface area contributed by atoms with Crippen LogP contribution >= 0.6 is 0 Å². The zero-order valence-electron chi connectivity index (χ0n) is 29.0. The molecule has 50 heavy (non-hydrogen) atoms. The predicted molar refractivity (Wildman–Crippen MR) is 188 cm³/mol. The molecular formula is C37H43N5O7S. The number of aryl methyl sites for hydroxylation is 2. The van der Waals surface area contributed by atoms with E-state index in [9.17, 15) is 18.0 Å². The fraction of sp³-hybridized carbons (Fsp3) is 0.378. The summed E-state index contributed by atoms with van der Waals surface area (Å²) in [7, 11) is -0.829. The third kappa shape index (κ3) is 6.72. The number of aromatic nitrogens is 1. The van der Waals surface area contributed by atoms with Gasteiger partial charge in [0, 0.05) is 38.8 Å². The molecule has 12 nitrogen and oxygen atoms in total. The fourth-order valence-corrected chi connectivity index (χ4v) is 8.46. The van der Waals surface area contributed by atoms with Crippen molar-refractivity contribution in [1.29, 1.82) is 0 Å². The average molecular weight is 702 g/mol. The van der Waals surface area contributed by atoms with E-state index in [4.69, 9.17) is 14.0 Å². The molecule has 2 aliphatic rings. The van der Waals surface area contributed by atoms with E-state index in [-0.39, 0.29) is 47.2 Å². The van der Waals surface area contributed by atoms with Crippen molar-refractivity contribution in [3.63, 3.8) is 0 Å². The van der Waals surface area contributed by atoms with Crippen LogP contribution in [-0.2, 0) is 10.0 Å². The third-order valence-corrected chi connectivity index (χ3v) is 11.4. The molecule has 0 saturated carbocycles. The van der Waals surface area contributed by atoms with Gasteiger partial charge in [0.15, 0.2) is 17.3 Å². The first kappa shape index (κ1) is 35.1. The molecule has 2 amide bonds. The molecule has 1 saturated heterocycles. The molecule has 3 heterocycles. The summed E-state index contributed by atoms with van der Waals surface area (Å²) in [6.07, 6.45) is 0.611. The number of carbonyl (C=O) groups is 2. The fourth-order valence-electron chi connectivity index (χ4n) is 7.06. The van der Waals surface area contributed by atoms with E-state index in [1.165, 1.54) is 24.7 Å². The van der Waals surface area contributed by atoms with Crippen LogP contribution in [0.5, 0.6) is 11.5 Å². The molecule has 1 fully saturated rings. The maximum absolute atomic E-state index is 14.4. The van der Waals surface area contributed by atoms with E-state index >= 15 is 0 Å². The van der Waals surface area contributed by atoms with Crippen molar-refractivity contribution in [2.24, 2.45) is 0 Å². The standard InChI is InChI=1S/C37H43N5O7S/c1-24-35(26(3)49-39-24)50(45,46)38-18-10-15-30(28-16-17-32(47-4)33(23-28)48-5)42-36(43)29-13-9-14-31(34(29)37(42)44)41-21-19-40(20-22-41)25(2)27-11-7-6-8-12-27/h6-9,11-14,16-17,23,25,30,38H,10,15,18-22H2,1-5H3. The normalized spacial score (nSPS) is 16.4. The smallest absolute Gasteiger partial charge is 0.264 e. The van der Waals surface area contributed by atoms with Crippen molar-refractivity contribution in [2.75, 3.05) is 51.8 Å². The Bertz CT molecular complexity index is 1950. The van der Waals surface area contributed by atoms with Crippen LogP contribution in [0.15, 0.2) is 76.1 Å². The van der Waals surface area contributed by atoms with Gasteiger partial charge in [-0.25, -0.2) is 13.1 Å². The van der Waals surface area contributed by atoms with E-state index in [1.807, 2.05) is 18.2 Å². The number of methoxy groups -OCH3 is 2. The van der Waals surface area contributed by atoms with Crippen molar-refractivity contribution in [1.82, 2.24) is 19.7 Å². The molecule has 1 aromatic heterocycles. The topological polar surface area (TPSA) is 135 Å². The first-order valence-corrected chi connectivity index (χ1v) is 18.2. The minimum Gasteiger partial charge on any atom is -0.493 e. The number of ether oxygens (including phenoxy) is 2. The number of rotatable bonds is 13. The molecule has 1 N–H and O–H groups in total. The van der Waals surface area contributed by atoms with Gasteiger partial charge in [-0.1, -0.05) is 47.6 Å². The van der Waals surface area contributed by atoms with E-state index in [0.29, 0.717) is 47.7 Å². The second-order valence-corrected chi connectivity index (χ2v) is 14.3. The van der Waals surface area contributed by atoms with Crippen LogP contribution in [0, 0.1) is 13.8 Å². The van der Waals surface area contributed by atoms with Crippen LogP contribution in [0.4, 0.5) is 5.69 Å². The molecule has 2 aliphatic heterocycles. The number of fused-ring (bicyclic) bond motifs is 1. The second kappa shape index (κ2) is 14.6. The number of hydrogen-bond acceptors (Lipinski definition) is 10. The van der Waals surface area contributed by atoms with Gasteiger partial charge < -0.3 is 18.9 Å². The second-order valence-electron chi connectivity index (χ2n) is 12.6. The number of nitrogens with zero attached hydrogens (tertiary/aromatic N) is 4. The summed E-state index contributed by atoms with van der Waals surface area (Å²) in [6.45, 7) is 8.42.